The third kappa shape index (κ3) is 3.64. The molecule has 0 saturated heterocycles. The summed E-state index contributed by atoms with van der Waals surface area (Å²) in [5.41, 5.74) is 0.573. The SMILES string of the molecule is O=C(NCC(F)(F)F)C1(Nc2cccc(C3=CNC4N=CN=CC34)n2)CC1. The first kappa shape index (κ1) is 17.5. The molecular weight excluding hydrogens is 361 g/mol. The number of fused-ring (bicyclic) bond motifs is 1. The minimum Gasteiger partial charge on any atom is -0.369 e. The Morgan fingerprint density at radius 2 is 2.15 bits per heavy atom. The number of amides is 1. The zero-order chi connectivity index (χ0) is 19.1. The van der Waals surface area contributed by atoms with Crippen LogP contribution in [0.5, 0.6) is 0 Å². The normalized spacial score (nSPS) is 24.6. The molecule has 3 N–H and O–H groups in total. The van der Waals surface area contributed by atoms with E-state index in [9.17, 15) is 18.0 Å². The molecule has 3 heterocycles. The lowest BCUT2D eigenvalue weighted by Gasteiger charge is -2.20. The Kier molecular flexibility index (Phi) is 4.12. The number of nitrogens with zero attached hydrogens (tertiary/aromatic N) is 3. The highest BCUT2D eigenvalue weighted by Gasteiger charge is 2.51. The molecule has 142 valence electrons. The Bertz CT molecular complexity index is 843. The average molecular weight is 378 g/mol. The van der Waals surface area contributed by atoms with Crippen molar-refractivity contribution in [2.75, 3.05) is 11.9 Å². The predicted octanol–water partition coefficient (Wildman–Crippen LogP) is 1.70. The molecule has 27 heavy (non-hydrogen) atoms. The van der Waals surface area contributed by atoms with E-state index in [0.29, 0.717) is 24.4 Å². The van der Waals surface area contributed by atoms with Gasteiger partial charge in [0, 0.05) is 18.0 Å². The molecule has 1 saturated carbocycles. The monoisotopic (exact) mass is 378 g/mol. The third-order valence-corrected chi connectivity index (χ3v) is 4.70. The van der Waals surface area contributed by atoms with Gasteiger partial charge in [0.25, 0.3) is 0 Å². The minimum absolute atomic E-state index is 0.0391. The Balaban J connectivity index is 1.47. The lowest BCUT2D eigenvalue weighted by Crippen LogP contribution is -2.45. The van der Waals surface area contributed by atoms with Crippen molar-refractivity contribution in [2.45, 2.75) is 30.7 Å². The Labute approximate surface area is 152 Å². The lowest BCUT2D eigenvalue weighted by molar-refractivity contribution is -0.139. The van der Waals surface area contributed by atoms with Crippen LogP contribution in [0.15, 0.2) is 34.4 Å². The summed E-state index contributed by atoms with van der Waals surface area (Å²) in [6.07, 6.45) is 1.48. The van der Waals surface area contributed by atoms with Crippen LogP contribution < -0.4 is 16.0 Å². The maximum atomic E-state index is 12.3. The Morgan fingerprint density at radius 3 is 2.89 bits per heavy atom. The van der Waals surface area contributed by atoms with E-state index in [1.54, 1.807) is 18.3 Å². The van der Waals surface area contributed by atoms with Crippen molar-refractivity contribution in [3.63, 3.8) is 0 Å². The van der Waals surface area contributed by atoms with Gasteiger partial charge in [0.15, 0.2) is 0 Å². The summed E-state index contributed by atoms with van der Waals surface area (Å²) in [6.45, 7) is -1.34. The van der Waals surface area contributed by atoms with Gasteiger partial charge in [0.05, 0.1) is 11.6 Å². The molecule has 0 bridgehead atoms. The molecule has 4 rings (SSSR count). The van der Waals surface area contributed by atoms with Crippen LogP contribution in [0, 0.1) is 5.92 Å². The van der Waals surface area contributed by atoms with E-state index in [-0.39, 0.29) is 12.1 Å². The van der Waals surface area contributed by atoms with Crippen LogP contribution >= 0.6 is 0 Å². The van der Waals surface area contributed by atoms with E-state index in [2.05, 4.69) is 25.6 Å². The van der Waals surface area contributed by atoms with E-state index in [4.69, 9.17) is 0 Å². The number of carbonyl (C=O) groups excluding carboxylic acids is 1. The predicted molar refractivity (Wildman–Crippen MR) is 94.3 cm³/mol. The largest absolute Gasteiger partial charge is 0.405 e. The van der Waals surface area contributed by atoms with Gasteiger partial charge >= 0.3 is 6.18 Å². The number of hydrogen-bond donors (Lipinski definition) is 3. The number of aliphatic imine (C=N–C) groups is 2. The van der Waals surface area contributed by atoms with Crippen molar-refractivity contribution < 1.29 is 18.0 Å². The zero-order valence-electron chi connectivity index (χ0n) is 14.1. The second-order valence-corrected chi connectivity index (χ2v) is 6.71. The summed E-state index contributed by atoms with van der Waals surface area (Å²) in [6, 6.07) is 5.30. The van der Waals surface area contributed by atoms with Gasteiger partial charge in [-0.15, -0.1) is 0 Å². The van der Waals surface area contributed by atoms with E-state index in [1.165, 1.54) is 6.34 Å². The maximum Gasteiger partial charge on any atom is 0.405 e. The van der Waals surface area contributed by atoms with Gasteiger partial charge < -0.3 is 16.0 Å². The summed E-state index contributed by atoms with van der Waals surface area (Å²) in [5.74, 6) is -0.266. The van der Waals surface area contributed by atoms with E-state index in [0.717, 1.165) is 5.57 Å². The van der Waals surface area contributed by atoms with Crippen molar-refractivity contribution in [1.82, 2.24) is 15.6 Å². The fourth-order valence-corrected chi connectivity index (χ4v) is 3.12. The smallest absolute Gasteiger partial charge is 0.369 e. The molecule has 3 aliphatic rings. The molecule has 0 radical (unpaired) electrons. The third-order valence-electron chi connectivity index (χ3n) is 4.70. The van der Waals surface area contributed by atoms with Gasteiger partial charge in [-0.25, -0.2) is 15.0 Å². The average Bonchev–Trinajstić information content (AvgIpc) is 3.28. The topological polar surface area (TPSA) is 90.8 Å². The van der Waals surface area contributed by atoms with Gasteiger partial charge in [0.1, 0.15) is 30.4 Å². The standard InChI is InChI=1S/C17H17F3N6O/c18-17(19,20)8-23-15(27)16(4-5-16)26-13-3-1-2-12(25-13)10-7-22-14-11(10)6-21-9-24-14/h1-3,6-7,9,11,14,22H,4-5,8H2,(H,23,27)(H,25,26). The van der Waals surface area contributed by atoms with Gasteiger partial charge in [-0.2, -0.15) is 13.2 Å². The lowest BCUT2D eigenvalue weighted by atomic mass is 9.97. The summed E-state index contributed by atoms with van der Waals surface area (Å²) in [7, 11) is 0. The van der Waals surface area contributed by atoms with Crippen molar-refractivity contribution in [3.8, 4) is 0 Å². The van der Waals surface area contributed by atoms with Gasteiger partial charge in [0.2, 0.25) is 5.91 Å². The molecule has 2 aliphatic heterocycles. The molecule has 2 atom stereocenters. The number of alkyl halides is 3. The Hall–Kier alpha value is -2.91. The fourth-order valence-electron chi connectivity index (χ4n) is 3.12. The molecule has 1 fully saturated rings. The van der Waals surface area contributed by atoms with Crippen LogP contribution in [0.4, 0.5) is 19.0 Å². The second-order valence-electron chi connectivity index (χ2n) is 6.71. The molecule has 0 aromatic carbocycles. The number of carbonyl (C=O) groups is 1. The number of pyridine rings is 1. The molecule has 1 aromatic rings. The molecule has 0 spiro atoms. The molecule has 10 heteroatoms. The minimum atomic E-state index is -4.44. The number of nitrogens with one attached hydrogen (secondary N) is 3. The van der Waals surface area contributed by atoms with Crippen LogP contribution in [-0.2, 0) is 4.79 Å². The summed E-state index contributed by atoms with van der Waals surface area (Å²) in [5, 5.41) is 8.10. The van der Waals surface area contributed by atoms with Crippen LogP contribution in [0.3, 0.4) is 0 Å². The Morgan fingerprint density at radius 1 is 1.33 bits per heavy atom. The molecule has 1 amide bonds. The van der Waals surface area contributed by atoms with Crippen LogP contribution in [0.2, 0.25) is 0 Å². The van der Waals surface area contributed by atoms with Crippen molar-refractivity contribution >= 4 is 29.9 Å². The molecular formula is C17H17F3N6O. The zero-order valence-corrected chi connectivity index (χ0v) is 14.1. The molecule has 2 unspecified atom stereocenters. The fraction of sp³-hybridized carbons (Fsp3) is 0.412. The highest BCUT2D eigenvalue weighted by atomic mass is 19.4. The van der Waals surface area contributed by atoms with Crippen molar-refractivity contribution in [2.24, 2.45) is 15.9 Å². The summed E-state index contributed by atoms with van der Waals surface area (Å²) in [4.78, 5) is 25.0. The second kappa shape index (κ2) is 6.36. The molecule has 7 nitrogen and oxygen atoms in total. The van der Waals surface area contributed by atoms with Crippen molar-refractivity contribution in [3.05, 3.63) is 30.1 Å². The first-order chi connectivity index (χ1) is 12.9. The van der Waals surface area contributed by atoms with E-state index < -0.39 is 24.2 Å². The maximum absolute atomic E-state index is 12.3. The molecule has 1 aliphatic carbocycles. The van der Waals surface area contributed by atoms with Gasteiger partial charge in [-0.1, -0.05) is 6.07 Å². The summed E-state index contributed by atoms with van der Waals surface area (Å²) < 4.78 is 37.0. The highest BCUT2D eigenvalue weighted by molar-refractivity contribution is 5.93. The number of aromatic nitrogens is 1. The van der Waals surface area contributed by atoms with Crippen LogP contribution in [-0.4, -0.2) is 47.9 Å². The number of anilines is 1. The van der Waals surface area contributed by atoms with Gasteiger partial charge in [-0.05, 0) is 25.0 Å². The number of hydrogen-bond acceptors (Lipinski definition) is 6. The quantitative estimate of drug-likeness (QED) is 0.728. The van der Waals surface area contributed by atoms with E-state index in [1.807, 2.05) is 17.6 Å². The summed E-state index contributed by atoms with van der Waals surface area (Å²) >= 11 is 0. The van der Waals surface area contributed by atoms with Crippen molar-refractivity contribution in [1.29, 1.82) is 0 Å². The number of halogens is 3. The van der Waals surface area contributed by atoms with Crippen LogP contribution in [0.1, 0.15) is 18.5 Å². The highest BCUT2D eigenvalue weighted by Crippen LogP contribution is 2.39. The first-order valence-corrected chi connectivity index (χ1v) is 8.48. The van der Waals surface area contributed by atoms with Crippen LogP contribution in [0.25, 0.3) is 5.57 Å². The van der Waals surface area contributed by atoms with E-state index >= 15 is 0 Å². The first-order valence-electron chi connectivity index (χ1n) is 8.48. The van der Waals surface area contributed by atoms with Gasteiger partial charge in [-0.3, -0.25) is 4.79 Å². The molecule has 1 aromatic heterocycles. The number of rotatable bonds is 5.